The van der Waals surface area contributed by atoms with Crippen molar-refractivity contribution in [2.45, 2.75) is 18.6 Å². The Morgan fingerprint density at radius 3 is 2.65 bits per heavy atom. The molecule has 1 aliphatic heterocycles. The molecule has 0 saturated carbocycles. The maximum absolute atomic E-state index is 13.1. The van der Waals surface area contributed by atoms with E-state index in [1.807, 2.05) is 6.07 Å². The molecule has 2 aromatic carbocycles. The van der Waals surface area contributed by atoms with Gasteiger partial charge in [0.05, 0.1) is 5.02 Å². The van der Waals surface area contributed by atoms with Crippen LogP contribution in [0.4, 0.5) is 4.39 Å². The van der Waals surface area contributed by atoms with Gasteiger partial charge in [0.1, 0.15) is 17.7 Å². The molecule has 0 aliphatic carbocycles. The first-order chi connectivity index (χ1) is 9.54. The highest BCUT2D eigenvalue weighted by Gasteiger charge is 2.28. The lowest BCUT2D eigenvalue weighted by atomic mass is 9.93. The van der Waals surface area contributed by atoms with Gasteiger partial charge in [-0.05, 0) is 30.3 Å². The minimum atomic E-state index is -0.369. The normalized spacial score (nSPS) is 21.2. The molecular formula is C15H12Cl2FNO. The molecule has 5 heteroatoms. The van der Waals surface area contributed by atoms with E-state index in [1.54, 1.807) is 18.2 Å². The standard InChI is InChI=1S/C15H12Cl2FNO/c16-8-1-4-14-11(5-8)13(19)7-15(20-14)10-3-2-9(18)6-12(10)17/h1-6,13,15H,7,19H2/t13-,15?/m0/s1. The number of hydrogen-bond donors (Lipinski definition) is 1. The third-order valence-electron chi connectivity index (χ3n) is 3.42. The summed E-state index contributed by atoms with van der Waals surface area (Å²) in [6.07, 6.45) is 0.283. The first-order valence-electron chi connectivity index (χ1n) is 6.21. The van der Waals surface area contributed by atoms with Crippen LogP contribution < -0.4 is 10.5 Å². The average Bonchev–Trinajstić information content (AvgIpc) is 2.39. The number of ether oxygens (including phenoxy) is 1. The topological polar surface area (TPSA) is 35.2 Å². The van der Waals surface area contributed by atoms with Crippen LogP contribution in [0.3, 0.4) is 0 Å². The minimum absolute atomic E-state index is 0.191. The molecule has 1 aliphatic rings. The molecule has 0 bridgehead atoms. The van der Waals surface area contributed by atoms with Gasteiger partial charge in [-0.3, -0.25) is 0 Å². The predicted octanol–water partition coefficient (Wildman–Crippen LogP) is 4.66. The molecular weight excluding hydrogens is 300 g/mol. The van der Waals surface area contributed by atoms with Gasteiger partial charge in [-0.15, -0.1) is 0 Å². The molecule has 0 aromatic heterocycles. The van der Waals surface area contributed by atoms with Crippen molar-refractivity contribution in [1.29, 1.82) is 0 Å². The number of nitrogens with two attached hydrogens (primary N) is 1. The van der Waals surface area contributed by atoms with Crippen molar-refractivity contribution in [3.63, 3.8) is 0 Å². The second-order valence-corrected chi connectivity index (χ2v) is 5.64. The molecule has 104 valence electrons. The summed E-state index contributed by atoms with van der Waals surface area (Å²) >= 11 is 12.0. The molecule has 1 unspecified atom stereocenters. The zero-order valence-corrected chi connectivity index (χ0v) is 12.0. The van der Waals surface area contributed by atoms with Gasteiger partial charge in [0.25, 0.3) is 0 Å². The molecule has 0 fully saturated rings. The Morgan fingerprint density at radius 1 is 1.10 bits per heavy atom. The fraction of sp³-hybridized carbons (Fsp3) is 0.200. The molecule has 2 aromatic rings. The smallest absolute Gasteiger partial charge is 0.127 e. The van der Waals surface area contributed by atoms with Crippen molar-refractivity contribution in [2.75, 3.05) is 0 Å². The summed E-state index contributed by atoms with van der Waals surface area (Å²) < 4.78 is 19.0. The fourth-order valence-electron chi connectivity index (χ4n) is 2.43. The Balaban J connectivity index is 1.97. The number of hydrogen-bond acceptors (Lipinski definition) is 2. The summed E-state index contributed by atoms with van der Waals surface area (Å²) in [4.78, 5) is 0. The number of fused-ring (bicyclic) bond motifs is 1. The largest absolute Gasteiger partial charge is 0.485 e. The van der Waals surface area contributed by atoms with Crippen LogP contribution in [0.1, 0.15) is 29.7 Å². The molecule has 2 atom stereocenters. The first-order valence-corrected chi connectivity index (χ1v) is 6.97. The summed E-state index contributed by atoms with van der Waals surface area (Å²) in [5, 5.41) is 0.973. The molecule has 20 heavy (non-hydrogen) atoms. The van der Waals surface area contributed by atoms with Crippen LogP contribution in [0.25, 0.3) is 0 Å². The summed E-state index contributed by atoms with van der Waals surface area (Å²) in [6.45, 7) is 0. The molecule has 0 amide bonds. The predicted molar refractivity (Wildman–Crippen MR) is 77.8 cm³/mol. The minimum Gasteiger partial charge on any atom is -0.485 e. The highest BCUT2D eigenvalue weighted by molar-refractivity contribution is 6.31. The zero-order chi connectivity index (χ0) is 14.3. The summed E-state index contributed by atoms with van der Waals surface area (Å²) in [7, 11) is 0. The Kier molecular flexibility index (Phi) is 3.59. The molecule has 0 spiro atoms. The van der Waals surface area contributed by atoms with Crippen molar-refractivity contribution in [2.24, 2.45) is 5.73 Å². The van der Waals surface area contributed by atoms with E-state index in [2.05, 4.69) is 0 Å². The van der Waals surface area contributed by atoms with Gasteiger partial charge in [-0.25, -0.2) is 4.39 Å². The van der Waals surface area contributed by atoms with Crippen LogP contribution in [0.15, 0.2) is 36.4 Å². The Morgan fingerprint density at radius 2 is 1.90 bits per heavy atom. The SMILES string of the molecule is N[C@H]1CC(c2ccc(F)cc2Cl)Oc2ccc(Cl)cc21. The second kappa shape index (κ2) is 5.24. The van der Waals surface area contributed by atoms with Gasteiger partial charge in [0, 0.05) is 28.6 Å². The van der Waals surface area contributed by atoms with E-state index < -0.39 is 0 Å². The van der Waals surface area contributed by atoms with Crippen LogP contribution in [-0.2, 0) is 0 Å². The van der Waals surface area contributed by atoms with Crippen molar-refractivity contribution in [3.05, 3.63) is 63.4 Å². The summed E-state index contributed by atoms with van der Waals surface area (Å²) in [6, 6.07) is 9.45. The second-order valence-electron chi connectivity index (χ2n) is 4.80. The van der Waals surface area contributed by atoms with Gasteiger partial charge < -0.3 is 10.5 Å². The van der Waals surface area contributed by atoms with Crippen molar-refractivity contribution < 1.29 is 9.13 Å². The molecule has 2 nitrogen and oxygen atoms in total. The van der Waals surface area contributed by atoms with Gasteiger partial charge in [0.2, 0.25) is 0 Å². The van der Waals surface area contributed by atoms with Crippen LogP contribution in [0.5, 0.6) is 5.75 Å². The van der Waals surface area contributed by atoms with E-state index in [4.69, 9.17) is 33.7 Å². The van der Waals surface area contributed by atoms with E-state index in [0.29, 0.717) is 22.2 Å². The number of benzene rings is 2. The fourth-order valence-corrected chi connectivity index (χ4v) is 2.90. The van der Waals surface area contributed by atoms with E-state index >= 15 is 0 Å². The van der Waals surface area contributed by atoms with E-state index in [1.165, 1.54) is 12.1 Å². The molecule has 3 rings (SSSR count). The lowest BCUT2D eigenvalue weighted by Crippen LogP contribution is -2.24. The van der Waals surface area contributed by atoms with E-state index in [-0.39, 0.29) is 18.0 Å². The molecule has 0 saturated heterocycles. The third kappa shape index (κ3) is 2.49. The van der Waals surface area contributed by atoms with E-state index in [0.717, 1.165) is 11.1 Å². The Hall–Kier alpha value is -1.29. The quantitative estimate of drug-likeness (QED) is 0.831. The number of rotatable bonds is 1. The van der Waals surface area contributed by atoms with Gasteiger partial charge in [0.15, 0.2) is 0 Å². The maximum atomic E-state index is 13.1. The maximum Gasteiger partial charge on any atom is 0.127 e. The van der Waals surface area contributed by atoms with Gasteiger partial charge in [-0.2, -0.15) is 0 Å². The Labute approximate surface area is 126 Å². The third-order valence-corrected chi connectivity index (χ3v) is 3.98. The van der Waals surface area contributed by atoms with Crippen LogP contribution in [0.2, 0.25) is 10.0 Å². The summed E-state index contributed by atoms with van der Waals surface area (Å²) in [5.41, 5.74) is 7.79. The van der Waals surface area contributed by atoms with Crippen LogP contribution >= 0.6 is 23.2 Å². The number of halogens is 3. The molecule has 1 heterocycles. The molecule has 2 N–H and O–H groups in total. The lowest BCUT2D eigenvalue weighted by molar-refractivity contribution is 0.161. The van der Waals surface area contributed by atoms with Crippen molar-refractivity contribution in [1.82, 2.24) is 0 Å². The van der Waals surface area contributed by atoms with Crippen molar-refractivity contribution in [3.8, 4) is 5.75 Å². The average molecular weight is 312 g/mol. The highest BCUT2D eigenvalue weighted by atomic mass is 35.5. The van der Waals surface area contributed by atoms with Crippen LogP contribution in [0, 0.1) is 5.82 Å². The zero-order valence-electron chi connectivity index (χ0n) is 10.4. The van der Waals surface area contributed by atoms with Gasteiger partial charge in [-0.1, -0.05) is 29.3 Å². The van der Waals surface area contributed by atoms with E-state index in [9.17, 15) is 4.39 Å². The van der Waals surface area contributed by atoms with Crippen LogP contribution in [-0.4, -0.2) is 0 Å². The highest BCUT2D eigenvalue weighted by Crippen LogP contribution is 2.42. The van der Waals surface area contributed by atoms with Gasteiger partial charge >= 0.3 is 0 Å². The lowest BCUT2D eigenvalue weighted by Gasteiger charge is -2.31. The van der Waals surface area contributed by atoms with Crippen molar-refractivity contribution >= 4 is 23.2 Å². The summed E-state index contributed by atoms with van der Waals surface area (Å²) in [5.74, 6) is 0.324. The molecule has 0 radical (unpaired) electrons. The first kappa shape index (κ1) is 13.7. The monoisotopic (exact) mass is 311 g/mol. The Bertz CT molecular complexity index is 662.